The summed E-state index contributed by atoms with van der Waals surface area (Å²) in [4.78, 5) is 11.9. The topological polar surface area (TPSA) is 38.3 Å². The lowest BCUT2D eigenvalue weighted by atomic mass is 10.2. The Hall–Kier alpha value is -2.55. The molecule has 0 saturated carbocycles. The van der Waals surface area contributed by atoms with Crippen molar-refractivity contribution in [3.63, 3.8) is 0 Å². The van der Waals surface area contributed by atoms with Gasteiger partial charge in [0.1, 0.15) is 5.75 Å². The molecule has 0 aliphatic heterocycles. The van der Waals surface area contributed by atoms with Gasteiger partial charge in [-0.3, -0.25) is 4.79 Å². The lowest BCUT2D eigenvalue weighted by Crippen LogP contribution is -2.23. The Labute approximate surface area is 118 Å². The van der Waals surface area contributed by atoms with E-state index in [0.717, 1.165) is 11.3 Å². The van der Waals surface area contributed by atoms with E-state index < -0.39 is 0 Å². The minimum atomic E-state index is -0.0923. The van der Waals surface area contributed by atoms with Crippen molar-refractivity contribution >= 4 is 12.0 Å². The molecule has 2 aromatic rings. The van der Waals surface area contributed by atoms with Crippen LogP contribution in [0.2, 0.25) is 0 Å². The number of carbonyl (C=O) groups is 1. The van der Waals surface area contributed by atoms with Crippen molar-refractivity contribution in [2.45, 2.75) is 0 Å². The number of benzene rings is 2. The Kier molecular flexibility index (Phi) is 4.95. The predicted octanol–water partition coefficient (Wildman–Crippen LogP) is 3.14. The van der Waals surface area contributed by atoms with Crippen LogP contribution in [0.3, 0.4) is 0 Å². The predicted molar refractivity (Wildman–Crippen MR) is 80.8 cm³/mol. The molecule has 2 rings (SSSR count). The molecule has 0 bridgehead atoms. The standard InChI is InChI=1S/C17H17NO2/c1-20-16-11-9-15(10-12-16)17(19)18-13-5-8-14-6-3-2-4-7-14/h2-12H,13H2,1H3,(H,18,19). The third-order valence-corrected chi connectivity index (χ3v) is 2.84. The van der Waals surface area contributed by atoms with Crippen LogP contribution in [-0.2, 0) is 0 Å². The highest BCUT2D eigenvalue weighted by Crippen LogP contribution is 2.10. The molecule has 1 amide bonds. The second-order valence-corrected chi connectivity index (χ2v) is 4.25. The molecule has 0 radical (unpaired) electrons. The average molecular weight is 267 g/mol. The second-order valence-electron chi connectivity index (χ2n) is 4.25. The highest BCUT2D eigenvalue weighted by atomic mass is 16.5. The van der Waals surface area contributed by atoms with E-state index in [1.165, 1.54) is 0 Å². The molecule has 0 heterocycles. The maximum atomic E-state index is 11.9. The van der Waals surface area contributed by atoms with E-state index in [-0.39, 0.29) is 5.91 Å². The molecular weight excluding hydrogens is 250 g/mol. The van der Waals surface area contributed by atoms with Crippen molar-refractivity contribution in [1.29, 1.82) is 0 Å². The molecule has 0 unspecified atom stereocenters. The first kappa shape index (κ1) is 13.9. The lowest BCUT2D eigenvalue weighted by molar-refractivity contribution is 0.0958. The van der Waals surface area contributed by atoms with Crippen LogP contribution < -0.4 is 10.1 Å². The quantitative estimate of drug-likeness (QED) is 0.903. The van der Waals surface area contributed by atoms with E-state index in [2.05, 4.69) is 5.32 Å². The minimum absolute atomic E-state index is 0.0923. The van der Waals surface area contributed by atoms with Gasteiger partial charge in [-0.1, -0.05) is 42.5 Å². The average Bonchev–Trinajstić information content (AvgIpc) is 2.52. The highest BCUT2D eigenvalue weighted by molar-refractivity contribution is 5.94. The molecule has 102 valence electrons. The molecule has 0 atom stereocenters. The van der Waals surface area contributed by atoms with Gasteiger partial charge in [-0.2, -0.15) is 0 Å². The smallest absolute Gasteiger partial charge is 0.251 e. The summed E-state index contributed by atoms with van der Waals surface area (Å²) in [6, 6.07) is 17.0. The fraction of sp³-hybridized carbons (Fsp3) is 0.118. The van der Waals surface area contributed by atoms with E-state index in [1.807, 2.05) is 42.5 Å². The van der Waals surface area contributed by atoms with E-state index >= 15 is 0 Å². The van der Waals surface area contributed by atoms with Gasteiger partial charge in [0.15, 0.2) is 0 Å². The zero-order chi connectivity index (χ0) is 14.2. The number of rotatable bonds is 5. The van der Waals surface area contributed by atoms with Crippen LogP contribution in [0.5, 0.6) is 5.75 Å². The van der Waals surface area contributed by atoms with Gasteiger partial charge in [0.2, 0.25) is 0 Å². The molecule has 3 nitrogen and oxygen atoms in total. The molecule has 1 N–H and O–H groups in total. The molecule has 2 aromatic carbocycles. The van der Waals surface area contributed by atoms with Crippen LogP contribution in [0.4, 0.5) is 0 Å². The van der Waals surface area contributed by atoms with Gasteiger partial charge in [-0.15, -0.1) is 0 Å². The first-order valence-electron chi connectivity index (χ1n) is 6.43. The summed E-state index contributed by atoms with van der Waals surface area (Å²) >= 11 is 0. The minimum Gasteiger partial charge on any atom is -0.497 e. The van der Waals surface area contributed by atoms with E-state index in [9.17, 15) is 4.79 Å². The third kappa shape index (κ3) is 3.99. The molecule has 3 heteroatoms. The van der Waals surface area contributed by atoms with Crippen molar-refractivity contribution in [3.8, 4) is 5.75 Å². The summed E-state index contributed by atoms with van der Waals surface area (Å²) in [5, 5.41) is 2.84. The first-order valence-corrected chi connectivity index (χ1v) is 6.43. The van der Waals surface area contributed by atoms with Crippen LogP contribution in [0.25, 0.3) is 6.08 Å². The number of hydrogen-bond donors (Lipinski definition) is 1. The summed E-state index contributed by atoms with van der Waals surface area (Å²) in [5.74, 6) is 0.649. The molecule has 0 fully saturated rings. The van der Waals surface area contributed by atoms with Crippen molar-refractivity contribution in [1.82, 2.24) is 5.32 Å². The monoisotopic (exact) mass is 267 g/mol. The van der Waals surface area contributed by atoms with Gasteiger partial charge in [-0.25, -0.2) is 0 Å². The number of nitrogens with one attached hydrogen (secondary N) is 1. The number of hydrogen-bond acceptors (Lipinski definition) is 2. The second kappa shape index (κ2) is 7.14. The van der Waals surface area contributed by atoms with Crippen LogP contribution in [0.15, 0.2) is 60.7 Å². The molecule has 0 saturated heterocycles. The van der Waals surface area contributed by atoms with Crippen LogP contribution in [0, 0.1) is 0 Å². The zero-order valence-electron chi connectivity index (χ0n) is 11.4. The molecular formula is C17H17NO2. The van der Waals surface area contributed by atoms with E-state index in [0.29, 0.717) is 12.1 Å². The summed E-state index contributed by atoms with van der Waals surface area (Å²) < 4.78 is 5.05. The van der Waals surface area contributed by atoms with Gasteiger partial charge in [-0.05, 0) is 29.8 Å². The lowest BCUT2D eigenvalue weighted by Gasteiger charge is -2.03. The van der Waals surface area contributed by atoms with Crippen LogP contribution in [-0.4, -0.2) is 19.6 Å². The summed E-state index contributed by atoms with van der Waals surface area (Å²) in [6.45, 7) is 0.500. The number of ether oxygens (including phenoxy) is 1. The van der Waals surface area contributed by atoms with Gasteiger partial charge in [0.05, 0.1) is 7.11 Å². The Morgan fingerprint density at radius 1 is 1.10 bits per heavy atom. The number of carbonyl (C=O) groups excluding carboxylic acids is 1. The fourth-order valence-electron chi connectivity index (χ4n) is 1.76. The molecule has 20 heavy (non-hydrogen) atoms. The normalized spacial score (nSPS) is 10.4. The maximum Gasteiger partial charge on any atom is 0.251 e. The Balaban J connectivity index is 1.84. The molecule has 0 aromatic heterocycles. The molecule has 0 aliphatic carbocycles. The van der Waals surface area contributed by atoms with Crippen molar-refractivity contribution in [2.75, 3.05) is 13.7 Å². The molecule has 0 spiro atoms. The zero-order valence-corrected chi connectivity index (χ0v) is 11.4. The SMILES string of the molecule is COc1ccc(C(=O)NCC=Cc2ccccc2)cc1. The van der Waals surface area contributed by atoms with Crippen molar-refractivity contribution in [3.05, 3.63) is 71.8 Å². The van der Waals surface area contributed by atoms with Gasteiger partial charge in [0, 0.05) is 12.1 Å². The summed E-state index contributed by atoms with van der Waals surface area (Å²) in [5.41, 5.74) is 1.74. The largest absolute Gasteiger partial charge is 0.497 e. The van der Waals surface area contributed by atoms with E-state index in [4.69, 9.17) is 4.74 Å². The summed E-state index contributed by atoms with van der Waals surface area (Å²) in [7, 11) is 1.60. The van der Waals surface area contributed by atoms with E-state index in [1.54, 1.807) is 31.4 Å². The van der Waals surface area contributed by atoms with Crippen LogP contribution in [0.1, 0.15) is 15.9 Å². The Morgan fingerprint density at radius 3 is 2.45 bits per heavy atom. The van der Waals surface area contributed by atoms with Crippen molar-refractivity contribution in [2.24, 2.45) is 0 Å². The number of methoxy groups -OCH3 is 1. The van der Waals surface area contributed by atoms with Gasteiger partial charge in [0.25, 0.3) is 5.91 Å². The Morgan fingerprint density at radius 2 is 1.80 bits per heavy atom. The van der Waals surface area contributed by atoms with Crippen molar-refractivity contribution < 1.29 is 9.53 Å². The fourth-order valence-corrected chi connectivity index (χ4v) is 1.76. The maximum absolute atomic E-state index is 11.9. The van der Waals surface area contributed by atoms with Crippen LogP contribution >= 0.6 is 0 Å². The summed E-state index contributed by atoms with van der Waals surface area (Å²) in [6.07, 6.45) is 3.91. The number of amides is 1. The first-order chi connectivity index (χ1) is 9.79. The highest BCUT2D eigenvalue weighted by Gasteiger charge is 2.03. The van der Waals surface area contributed by atoms with Gasteiger partial charge < -0.3 is 10.1 Å². The third-order valence-electron chi connectivity index (χ3n) is 2.84. The van der Waals surface area contributed by atoms with Gasteiger partial charge >= 0.3 is 0 Å². The molecule has 0 aliphatic rings. The Bertz CT molecular complexity index is 574.